The Morgan fingerprint density at radius 3 is 2.00 bits per heavy atom. The Morgan fingerprint density at radius 1 is 1.00 bits per heavy atom. The number of allylic oxidation sites excluding steroid dienone is 7. The molecule has 0 aliphatic heterocycles. The maximum atomic E-state index is 5.50. The molecule has 0 atom stereocenters. The summed E-state index contributed by atoms with van der Waals surface area (Å²) in [6.07, 6.45) is 12.2. The predicted molar refractivity (Wildman–Crippen MR) is 62.7 cm³/mol. The van der Waals surface area contributed by atoms with Gasteiger partial charge in [0.25, 0.3) is 0 Å². The van der Waals surface area contributed by atoms with Crippen LogP contribution in [-0.4, -0.2) is 0 Å². The third-order valence-corrected chi connectivity index (χ3v) is 1.33. The molecule has 1 nitrogen and oxygen atoms in total. The van der Waals surface area contributed by atoms with Crippen molar-refractivity contribution < 1.29 is 4.74 Å². The lowest BCUT2D eigenvalue weighted by Gasteiger charge is -2.05. The van der Waals surface area contributed by atoms with Crippen LogP contribution < -0.4 is 0 Å². The van der Waals surface area contributed by atoms with Crippen LogP contribution in [0.1, 0.15) is 6.92 Å². The molecule has 0 rings (SSSR count). The first kappa shape index (κ1) is 12.2. The smallest absolute Gasteiger partial charge is 0.127 e. The van der Waals surface area contributed by atoms with E-state index in [1.54, 1.807) is 30.4 Å². The van der Waals surface area contributed by atoms with Crippen LogP contribution in [-0.2, 0) is 4.74 Å². The van der Waals surface area contributed by atoms with Crippen molar-refractivity contribution in [2.75, 3.05) is 0 Å². The molecule has 0 aromatic rings. The first-order chi connectivity index (χ1) is 6.78. The Labute approximate surface area is 86.1 Å². The SMILES string of the molecule is C=C/C=C(\C=C)OC(/C=C\C)=C/C=C. The first-order valence-electron chi connectivity index (χ1n) is 4.37. The van der Waals surface area contributed by atoms with E-state index in [4.69, 9.17) is 4.74 Å². The van der Waals surface area contributed by atoms with E-state index in [1.165, 1.54) is 0 Å². The predicted octanol–water partition coefficient (Wildman–Crippen LogP) is 3.90. The van der Waals surface area contributed by atoms with Crippen molar-refractivity contribution in [3.63, 3.8) is 0 Å². The number of rotatable bonds is 6. The van der Waals surface area contributed by atoms with Gasteiger partial charge in [-0.05, 0) is 31.2 Å². The van der Waals surface area contributed by atoms with Gasteiger partial charge in [-0.2, -0.15) is 0 Å². The van der Waals surface area contributed by atoms with Crippen LogP contribution >= 0.6 is 0 Å². The minimum Gasteiger partial charge on any atom is -0.457 e. The molecule has 0 heterocycles. The van der Waals surface area contributed by atoms with Crippen LogP contribution in [0.15, 0.2) is 73.8 Å². The van der Waals surface area contributed by atoms with Crippen molar-refractivity contribution in [1.29, 1.82) is 0 Å². The van der Waals surface area contributed by atoms with Crippen molar-refractivity contribution >= 4 is 0 Å². The maximum Gasteiger partial charge on any atom is 0.127 e. The minimum absolute atomic E-state index is 0.659. The zero-order valence-corrected chi connectivity index (χ0v) is 8.57. The van der Waals surface area contributed by atoms with Crippen molar-refractivity contribution in [1.82, 2.24) is 0 Å². The zero-order chi connectivity index (χ0) is 10.8. The van der Waals surface area contributed by atoms with E-state index in [9.17, 15) is 0 Å². The molecule has 0 amide bonds. The Bertz CT molecular complexity index is 290. The summed E-state index contributed by atoms with van der Waals surface area (Å²) < 4.78 is 5.50. The summed E-state index contributed by atoms with van der Waals surface area (Å²) in [5.41, 5.74) is 0. The van der Waals surface area contributed by atoms with Gasteiger partial charge in [-0.25, -0.2) is 0 Å². The van der Waals surface area contributed by atoms with E-state index in [2.05, 4.69) is 19.7 Å². The summed E-state index contributed by atoms with van der Waals surface area (Å²) in [4.78, 5) is 0. The van der Waals surface area contributed by atoms with Gasteiger partial charge in [0, 0.05) is 0 Å². The number of hydrogen-bond donors (Lipinski definition) is 0. The Morgan fingerprint density at radius 2 is 1.57 bits per heavy atom. The van der Waals surface area contributed by atoms with Gasteiger partial charge in [-0.1, -0.05) is 38.0 Å². The van der Waals surface area contributed by atoms with Gasteiger partial charge < -0.3 is 4.74 Å². The zero-order valence-electron chi connectivity index (χ0n) is 8.57. The monoisotopic (exact) mass is 188 g/mol. The van der Waals surface area contributed by atoms with Gasteiger partial charge >= 0.3 is 0 Å². The summed E-state index contributed by atoms with van der Waals surface area (Å²) in [5, 5.41) is 0. The second kappa shape index (κ2) is 7.87. The van der Waals surface area contributed by atoms with Crippen LogP contribution in [0.25, 0.3) is 0 Å². The molecule has 0 saturated carbocycles. The lowest BCUT2D eigenvalue weighted by atomic mass is 10.3. The van der Waals surface area contributed by atoms with E-state index in [1.807, 2.05) is 19.1 Å². The number of ether oxygens (including phenoxy) is 1. The molecule has 74 valence electrons. The molecule has 0 radical (unpaired) electrons. The molecule has 0 fully saturated rings. The van der Waals surface area contributed by atoms with Crippen LogP contribution in [0.5, 0.6) is 0 Å². The second-order valence-electron chi connectivity index (χ2n) is 2.42. The lowest BCUT2D eigenvalue weighted by Crippen LogP contribution is -1.87. The lowest BCUT2D eigenvalue weighted by molar-refractivity contribution is 0.336. The van der Waals surface area contributed by atoms with E-state index < -0.39 is 0 Å². The van der Waals surface area contributed by atoms with Crippen LogP contribution in [0.3, 0.4) is 0 Å². The quantitative estimate of drug-likeness (QED) is 0.453. The third-order valence-electron chi connectivity index (χ3n) is 1.33. The molecule has 0 aromatic heterocycles. The Hall–Kier alpha value is -1.76. The maximum absolute atomic E-state index is 5.50. The third kappa shape index (κ3) is 4.99. The topological polar surface area (TPSA) is 9.23 Å². The molecule has 0 bridgehead atoms. The fourth-order valence-corrected chi connectivity index (χ4v) is 0.800. The number of hydrogen-bond acceptors (Lipinski definition) is 1. The minimum atomic E-state index is 0.659. The molecular weight excluding hydrogens is 172 g/mol. The molecule has 14 heavy (non-hydrogen) atoms. The Balaban J connectivity index is 4.65. The van der Waals surface area contributed by atoms with Crippen LogP contribution in [0.4, 0.5) is 0 Å². The highest BCUT2D eigenvalue weighted by Gasteiger charge is 1.94. The molecule has 0 unspecified atom stereocenters. The molecule has 0 aliphatic rings. The van der Waals surface area contributed by atoms with Crippen molar-refractivity contribution in [3.05, 3.63) is 73.8 Å². The summed E-state index contributed by atoms with van der Waals surface area (Å²) in [5.74, 6) is 1.38. The van der Waals surface area contributed by atoms with Gasteiger partial charge in [-0.15, -0.1) is 0 Å². The fourth-order valence-electron chi connectivity index (χ4n) is 0.800. The molecule has 0 saturated heterocycles. The average Bonchev–Trinajstić information content (AvgIpc) is 2.18. The second-order valence-corrected chi connectivity index (χ2v) is 2.42. The molecule has 0 N–H and O–H groups in total. The largest absolute Gasteiger partial charge is 0.457 e. The van der Waals surface area contributed by atoms with E-state index in [0.29, 0.717) is 5.76 Å². The summed E-state index contributed by atoms with van der Waals surface area (Å²) in [6, 6.07) is 0. The first-order valence-corrected chi connectivity index (χ1v) is 4.37. The van der Waals surface area contributed by atoms with Crippen LogP contribution in [0, 0.1) is 0 Å². The normalized spacial score (nSPS) is 12.6. The van der Waals surface area contributed by atoms with Crippen molar-refractivity contribution in [2.45, 2.75) is 6.92 Å². The van der Waals surface area contributed by atoms with Gasteiger partial charge in [-0.3, -0.25) is 0 Å². The van der Waals surface area contributed by atoms with E-state index in [0.717, 1.165) is 5.76 Å². The van der Waals surface area contributed by atoms with Gasteiger partial charge in [0.2, 0.25) is 0 Å². The highest BCUT2D eigenvalue weighted by atomic mass is 16.5. The van der Waals surface area contributed by atoms with E-state index in [-0.39, 0.29) is 0 Å². The van der Waals surface area contributed by atoms with Crippen molar-refractivity contribution in [2.24, 2.45) is 0 Å². The van der Waals surface area contributed by atoms with Gasteiger partial charge in [0.1, 0.15) is 11.5 Å². The molecule has 0 aromatic carbocycles. The Kier molecular flexibility index (Phi) is 6.88. The summed E-state index contributed by atoms with van der Waals surface area (Å²) in [6.45, 7) is 12.7. The standard InChI is InChI=1S/C13H16O/c1-5-9-12(8-4)14-13(10-6-2)11-7-3/h5-11H,1-2,4H2,3H3/b11-7-,12-9+,13-10+. The van der Waals surface area contributed by atoms with E-state index >= 15 is 0 Å². The molecule has 0 aliphatic carbocycles. The summed E-state index contributed by atoms with van der Waals surface area (Å²) >= 11 is 0. The average molecular weight is 188 g/mol. The fraction of sp³-hybridized carbons (Fsp3) is 0.0769. The van der Waals surface area contributed by atoms with Crippen molar-refractivity contribution in [3.8, 4) is 0 Å². The highest BCUT2D eigenvalue weighted by molar-refractivity contribution is 5.23. The van der Waals surface area contributed by atoms with Gasteiger partial charge in [0.05, 0.1) is 0 Å². The highest BCUT2D eigenvalue weighted by Crippen LogP contribution is 2.09. The molecular formula is C13H16O. The molecule has 1 heteroatoms. The van der Waals surface area contributed by atoms with Gasteiger partial charge in [0.15, 0.2) is 0 Å². The summed E-state index contributed by atoms with van der Waals surface area (Å²) in [7, 11) is 0. The van der Waals surface area contributed by atoms with Crippen LogP contribution in [0.2, 0.25) is 0 Å². The molecule has 0 spiro atoms.